The molecule has 0 spiro atoms. The highest BCUT2D eigenvalue weighted by molar-refractivity contribution is 5.98. The second kappa shape index (κ2) is 5.53. The molecule has 1 aromatic carbocycles. The molecule has 1 aliphatic rings. The molecule has 1 aliphatic heterocycles. The Balaban J connectivity index is 2.21. The molecule has 18 heavy (non-hydrogen) atoms. The number of ether oxygens (including phenoxy) is 1. The molecule has 2 amide bonds. The first-order valence-electron chi connectivity index (χ1n) is 5.91. The van der Waals surface area contributed by atoms with Crippen LogP contribution in [0.25, 0.3) is 0 Å². The predicted octanol–water partition coefficient (Wildman–Crippen LogP) is 0.657. The molecule has 0 atom stereocenters. The third-order valence-electron chi connectivity index (χ3n) is 2.89. The van der Waals surface area contributed by atoms with Crippen LogP contribution in [0.1, 0.15) is 16.8 Å². The lowest BCUT2D eigenvalue weighted by molar-refractivity contribution is -0.121. The fourth-order valence-corrected chi connectivity index (χ4v) is 1.97. The number of nitrogens with one attached hydrogen (secondary N) is 1. The molecular formula is C13H16N2O3. The third kappa shape index (κ3) is 2.61. The summed E-state index contributed by atoms with van der Waals surface area (Å²) in [7, 11) is 1.53. The van der Waals surface area contributed by atoms with Crippen molar-refractivity contribution in [2.75, 3.05) is 26.7 Å². The number of amides is 2. The van der Waals surface area contributed by atoms with E-state index in [1.165, 1.54) is 7.11 Å². The summed E-state index contributed by atoms with van der Waals surface area (Å²) >= 11 is 0. The smallest absolute Gasteiger partial charge is 0.258 e. The van der Waals surface area contributed by atoms with Crippen molar-refractivity contribution < 1.29 is 14.3 Å². The lowest BCUT2D eigenvalue weighted by Crippen LogP contribution is -2.37. The van der Waals surface area contributed by atoms with Crippen molar-refractivity contribution in [2.45, 2.75) is 6.42 Å². The first kappa shape index (κ1) is 12.4. The van der Waals surface area contributed by atoms with E-state index in [4.69, 9.17) is 4.74 Å². The third-order valence-corrected chi connectivity index (χ3v) is 2.89. The van der Waals surface area contributed by atoms with Gasteiger partial charge in [-0.25, -0.2) is 0 Å². The Bertz CT molecular complexity index is 459. The van der Waals surface area contributed by atoms with E-state index in [1.54, 1.807) is 23.1 Å². The van der Waals surface area contributed by atoms with E-state index in [1.807, 2.05) is 6.07 Å². The van der Waals surface area contributed by atoms with Gasteiger partial charge in [-0.15, -0.1) is 0 Å². The second-order valence-electron chi connectivity index (χ2n) is 4.13. The van der Waals surface area contributed by atoms with E-state index in [2.05, 4.69) is 5.32 Å². The van der Waals surface area contributed by atoms with Crippen molar-refractivity contribution in [2.24, 2.45) is 0 Å². The summed E-state index contributed by atoms with van der Waals surface area (Å²) in [6.07, 6.45) is 0.770. The van der Waals surface area contributed by atoms with Crippen molar-refractivity contribution in [3.05, 3.63) is 29.8 Å². The first-order valence-corrected chi connectivity index (χ1v) is 5.91. The summed E-state index contributed by atoms with van der Waals surface area (Å²) in [5.41, 5.74) is 0.495. The van der Waals surface area contributed by atoms with E-state index >= 15 is 0 Å². The molecule has 0 bridgehead atoms. The molecule has 1 aromatic rings. The van der Waals surface area contributed by atoms with Gasteiger partial charge in [0.25, 0.3) is 5.91 Å². The van der Waals surface area contributed by atoms with Crippen LogP contribution in [-0.2, 0) is 4.79 Å². The van der Waals surface area contributed by atoms with E-state index in [-0.39, 0.29) is 18.4 Å². The van der Waals surface area contributed by atoms with Gasteiger partial charge in [0.05, 0.1) is 19.2 Å². The summed E-state index contributed by atoms with van der Waals surface area (Å²) in [5, 5.41) is 2.75. The number of carbonyl (C=O) groups is 2. The van der Waals surface area contributed by atoms with Gasteiger partial charge in [0.15, 0.2) is 0 Å². The van der Waals surface area contributed by atoms with Crippen LogP contribution in [0.3, 0.4) is 0 Å². The van der Waals surface area contributed by atoms with Crippen LogP contribution in [0.5, 0.6) is 5.75 Å². The number of hydrogen-bond donors (Lipinski definition) is 1. The van der Waals surface area contributed by atoms with Crippen LogP contribution < -0.4 is 10.1 Å². The van der Waals surface area contributed by atoms with Crippen molar-refractivity contribution in [3.8, 4) is 5.75 Å². The summed E-state index contributed by atoms with van der Waals surface area (Å²) in [4.78, 5) is 25.3. The second-order valence-corrected chi connectivity index (χ2v) is 4.13. The Morgan fingerprint density at radius 3 is 2.94 bits per heavy atom. The lowest BCUT2D eigenvalue weighted by atomic mass is 10.1. The molecule has 0 aromatic heterocycles. The van der Waals surface area contributed by atoms with Crippen LogP contribution in [0, 0.1) is 0 Å². The Morgan fingerprint density at radius 2 is 2.17 bits per heavy atom. The van der Waals surface area contributed by atoms with Gasteiger partial charge in [-0.2, -0.15) is 0 Å². The molecule has 96 valence electrons. The molecule has 2 rings (SSSR count). The summed E-state index contributed by atoms with van der Waals surface area (Å²) in [5.74, 6) is 0.257. The maximum atomic E-state index is 12.3. The Kier molecular flexibility index (Phi) is 3.82. The van der Waals surface area contributed by atoms with Gasteiger partial charge in [0.1, 0.15) is 5.75 Å². The number of rotatable bonds is 2. The molecule has 0 radical (unpaired) electrons. The van der Waals surface area contributed by atoms with Gasteiger partial charge < -0.3 is 15.0 Å². The van der Waals surface area contributed by atoms with Crippen LogP contribution in [0.4, 0.5) is 0 Å². The van der Waals surface area contributed by atoms with Gasteiger partial charge >= 0.3 is 0 Å². The zero-order valence-corrected chi connectivity index (χ0v) is 10.3. The lowest BCUT2D eigenvalue weighted by Gasteiger charge is -2.20. The number of carbonyl (C=O) groups excluding carboxylic acids is 2. The zero-order chi connectivity index (χ0) is 13.0. The molecular weight excluding hydrogens is 232 g/mol. The Morgan fingerprint density at radius 1 is 1.39 bits per heavy atom. The minimum atomic E-state index is -0.162. The normalized spacial score (nSPS) is 15.8. The van der Waals surface area contributed by atoms with E-state index in [0.29, 0.717) is 24.4 Å². The fraction of sp³-hybridized carbons (Fsp3) is 0.385. The topological polar surface area (TPSA) is 58.6 Å². The molecule has 0 aliphatic carbocycles. The largest absolute Gasteiger partial charge is 0.496 e. The molecule has 1 fully saturated rings. The van der Waals surface area contributed by atoms with Crippen LogP contribution in [0.2, 0.25) is 0 Å². The molecule has 1 heterocycles. The highest BCUT2D eigenvalue weighted by Gasteiger charge is 2.22. The number of nitrogens with zero attached hydrogens (tertiary/aromatic N) is 1. The van der Waals surface area contributed by atoms with Gasteiger partial charge in [-0.05, 0) is 18.6 Å². The molecule has 1 N–H and O–H groups in total. The van der Waals surface area contributed by atoms with Gasteiger partial charge in [0, 0.05) is 13.1 Å². The average Bonchev–Trinajstić information content (AvgIpc) is 2.62. The van der Waals surface area contributed by atoms with E-state index in [0.717, 1.165) is 6.42 Å². The predicted molar refractivity (Wildman–Crippen MR) is 66.5 cm³/mol. The molecule has 0 saturated carbocycles. The quantitative estimate of drug-likeness (QED) is 0.836. The Hall–Kier alpha value is -2.04. The minimum Gasteiger partial charge on any atom is -0.496 e. The highest BCUT2D eigenvalue weighted by atomic mass is 16.5. The number of para-hydroxylation sites is 1. The summed E-state index contributed by atoms with van der Waals surface area (Å²) in [6, 6.07) is 7.05. The molecule has 0 unspecified atom stereocenters. The summed E-state index contributed by atoms with van der Waals surface area (Å²) in [6.45, 7) is 1.31. The molecule has 1 saturated heterocycles. The number of methoxy groups -OCH3 is 1. The number of benzene rings is 1. The van der Waals surface area contributed by atoms with Gasteiger partial charge in [0.2, 0.25) is 5.91 Å². The first-order chi connectivity index (χ1) is 8.72. The highest BCUT2D eigenvalue weighted by Crippen LogP contribution is 2.19. The number of hydrogen-bond acceptors (Lipinski definition) is 3. The van der Waals surface area contributed by atoms with Gasteiger partial charge in [-0.3, -0.25) is 9.59 Å². The summed E-state index contributed by atoms with van der Waals surface area (Å²) < 4.78 is 5.17. The van der Waals surface area contributed by atoms with Crippen LogP contribution in [-0.4, -0.2) is 43.5 Å². The minimum absolute atomic E-state index is 0.108. The monoisotopic (exact) mass is 248 g/mol. The fourth-order valence-electron chi connectivity index (χ4n) is 1.97. The van der Waals surface area contributed by atoms with Crippen molar-refractivity contribution in [1.82, 2.24) is 10.2 Å². The van der Waals surface area contributed by atoms with Crippen molar-refractivity contribution in [3.63, 3.8) is 0 Å². The Labute approximate surface area is 106 Å². The maximum absolute atomic E-state index is 12.3. The van der Waals surface area contributed by atoms with Crippen molar-refractivity contribution in [1.29, 1.82) is 0 Å². The van der Waals surface area contributed by atoms with E-state index < -0.39 is 0 Å². The van der Waals surface area contributed by atoms with Gasteiger partial charge in [-0.1, -0.05) is 12.1 Å². The van der Waals surface area contributed by atoms with Crippen molar-refractivity contribution >= 4 is 11.8 Å². The maximum Gasteiger partial charge on any atom is 0.258 e. The van der Waals surface area contributed by atoms with Crippen LogP contribution in [0.15, 0.2) is 24.3 Å². The standard InChI is InChI=1S/C13H16N2O3/c1-18-11-6-3-2-5-10(11)13(17)15-8-4-7-14-12(16)9-15/h2-3,5-6H,4,7-9H2,1H3,(H,14,16). The van der Waals surface area contributed by atoms with Crippen LogP contribution >= 0.6 is 0 Å². The molecule has 5 nitrogen and oxygen atoms in total. The average molecular weight is 248 g/mol. The molecule has 5 heteroatoms. The SMILES string of the molecule is COc1ccccc1C(=O)N1CCCNC(=O)C1. The van der Waals surface area contributed by atoms with E-state index in [9.17, 15) is 9.59 Å². The zero-order valence-electron chi connectivity index (χ0n) is 10.3.